The lowest BCUT2D eigenvalue weighted by molar-refractivity contribution is -0.138. The Balaban J connectivity index is 2.23. The molecule has 0 saturated carbocycles. The van der Waals surface area contributed by atoms with Crippen LogP contribution >= 0.6 is 11.6 Å². The Kier molecular flexibility index (Phi) is 2.89. The van der Waals surface area contributed by atoms with E-state index in [0.717, 1.165) is 0 Å². The van der Waals surface area contributed by atoms with Gasteiger partial charge < -0.3 is 20.3 Å². The molecule has 3 N–H and O–H groups in total. The average Bonchev–Trinajstić information content (AvgIpc) is 2.65. The van der Waals surface area contributed by atoms with Gasteiger partial charge in [0, 0.05) is 0 Å². The molecule has 5 nitrogen and oxygen atoms in total. The summed E-state index contributed by atoms with van der Waals surface area (Å²) in [4.78, 5) is 10.6. The standard InChI is InChI=1S/C10H10ClNO4/c11-6-1-5(2-7(12)10(13)14)3-8-9(6)16-4-15-8/h1,3,7H,2,4,12H2,(H,13,14)/t7-/m1/s1. The number of carbonyl (C=O) groups is 1. The summed E-state index contributed by atoms with van der Waals surface area (Å²) in [7, 11) is 0. The third-order valence-corrected chi connectivity index (χ3v) is 2.54. The molecule has 0 saturated heterocycles. The second-order valence-corrected chi connectivity index (χ2v) is 3.87. The fourth-order valence-electron chi connectivity index (χ4n) is 1.48. The lowest BCUT2D eigenvalue weighted by Gasteiger charge is -2.08. The first kappa shape index (κ1) is 11.0. The van der Waals surface area contributed by atoms with Crippen molar-refractivity contribution in [1.82, 2.24) is 0 Å². The van der Waals surface area contributed by atoms with Crippen LogP contribution < -0.4 is 15.2 Å². The van der Waals surface area contributed by atoms with Crippen LogP contribution in [0.15, 0.2) is 12.1 Å². The second kappa shape index (κ2) is 4.19. The van der Waals surface area contributed by atoms with Crippen LogP contribution in [0.3, 0.4) is 0 Å². The minimum Gasteiger partial charge on any atom is -0.480 e. The fraction of sp³-hybridized carbons (Fsp3) is 0.300. The van der Waals surface area contributed by atoms with Gasteiger partial charge in [0.15, 0.2) is 11.5 Å². The monoisotopic (exact) mass is 243 g/mol. The van der Waals surface area contributed by atoms with Crippen molar-refractivity contribution in [3.05, 3.63) is 22.7 Å². The zero-order valence-electron chi connectivity index (χ0n) is 8.27. The van der Waals surface area contributed by atoms with Crippen molar-refractivity contribution in [2.75, 3.05) is 6.79 Å². The van der Waals surface area contributed by atoms with Crippen LogP contribution in [0.1, 0.15) is 5.56 Å². The molecule has 1 aliphatic rings. The maximum absolute atomic E-state index is 10.6. The van der Waals surface area contributed by atoms with Crippen molar-refractivity contribution < 1.29 is 19.4 Å². The normalized spacial score (nSPS) is 14.9. The molecule has 16 heavy (non-hydrogen) atoms. The topological polar surface area (TPSA) is 81.8 Å². The lowest BCUT2D eigenvalue weighted by Crippen LogP contribution is -2.32. The summed E-state index contributed by atoms with van der Waals surface area (Å²) in [5.41, 5.74) is 6.14. The first-order valence-electron chi connectivity index (χ1n) is 4.64. The van der Waals surface area contributed by atoms with E-state index in [-0.39, 0.29) is 13.2 Å². The highest BCUT2D eigenvalue weighted by atomic mass is 35.5. The zero-order valence-corrected chi connectivity index (χ0v) is 9.03. The van der Waals surface area contributed by atoms with Gasteiger partial charge in [-0.2, -0.15) is 0 Å². The van der Waals surface area contributed by atoms with E-state index in [1.165, 1.54) is 0 Å². The number of benzene rings is 1. The molecule has 0 unspecified atom stereocenters. The molecule has 0 spiro atoms. The van der Waals surface area contributed by atoms with Crippen LogP contribution in [-0.2, 0) is 11.2 Å². The van der Waals surface area contributed by atoms with Gasteiger partial charge in [0.1, 0.15) is 6.04 Å². The predicted octanol–water partition coefficient (Wildman–Crippen LogP) is 1.02. The number of ether oxygens (including phenoxy) is 2. The predicted molar refractivity (Wildman–Crippen MR) is 56.9 cm³/mol. The van der Waals surface area contributed by atoms with Gasteiger partial charge in [0.05, 0.1) is 5.02 Å². The summed E-state index contributed by atoms with van der Waals surface area (Å²) in [6, 6.07) is 2.38. The minimum absolute atomic E-state index is 0.128. The number of fused-ring (bicyclic) bond motifs is 1. The number of hydrogen-bond donors (Lipinski definition) is 2. The Morgan fingerprint density at radius 1 is 1.56 bits per heavy atom. The number of aliphatic carboxylic acids is 1. The second-order valence-electron chi connectivity index (χ2n) is 3.46. The average molecular weight is 244 g/mol. The van der Waals surface area contributed by atoms with Crippen LogP contribution in [0.25, 0.3) is 0 Å². The summed E-state index contributed by atoms with van der Waals surface area (Å²) in [5, 5.41) is 9.10. The molecule has 0 amide bonds. The third kappa shape index (κ3) is 2.05. The number of carboxylic acids is 1. The first-order chi connectivity index (χ1) is 7.58. The molecule has 0 aromatic heterocycles. The maximum Gasteiger partial charge on any atom is 0.320 e. The van der Waals surface area contributed by atoms with Gasteiger partial charge in [-0.15, -0.1) is 0 Å². The summed E-state index contributed by atoms with van der Waals surface area (Å²) in [5.74, 6) is -0.0248. The molecule has 2 rings (SSSR count). The van der Waals surface area contributed by atoms with Crippen LogP contribution in [0, 0.1) is 0 Å². The molecule has 86 valence electrons. The highest BCUT2D eigenvalue weighted by Crippen LogP contribution is 2.39. The Hall–Kier alpha value is -1.46. The van der Waals surface area contributed by atoms with Crippen LogP contribution in [0.2, 0.25) is 5.02 Å². The van der Waals surface area contributed by atoms with Crippen LogP contribution in [-0.4, -0.2) is 23.9 Å². The van der Waals surface area contributed by atoms with Crippen molar-refractivity contribution in [3.63, 3.8) is 0 Å². The molecule has 0 fully saturated rings. The van der Waals surface area contributed by atoms with Crippen LogP contribution in [0.4, 0.5) is 0 Å². The Labute approximate surface area is 96.7 Å². The SMILES string of the molecule is N[C@H](Cc1cc(Cl)c2c(c1)OCO2)C(=O)O. The van der Waals surface area contributed by atoms with E-state index in [1.54, 1.807) is 12.1 Å². The van der Waals surface area contributed by atoms with E-state index in [9.17, 15) is 4.79 Å². The van der Waals surface area contributed by atoms with Crippen molar-refractivity contribution in [3.8, 4) is 11.5 Å². The van der Waals surface area contributed by atoms with E-state index < -0.39 is 12.0 Å². The zero-order chi connectivity index (χ0) is 11.7. The van der Waals surface area contributed by atoms with E-state index in [0.29, 0.717) is 22.1 Å². The molecule has 0 radical (unpaired) electrons. The molecular weight excluding hydrogens is 234 g/mol. The molecule has 1 aromatic rings. The molecule has 1 aromatic carbocycles. The van der Waals surface area contributed by atoms with E-state index >= 15 is 0 Å². The van der Waals surface area contributed by atoms with Crippen molar-refractivity contribution >= 4 is 17.6 Å². The first-order valence-corrected chi connectivity index (χ1v) is 5.02. The molecule has 0 aliphatic carbocycles. The van der Waals surface area contributed by atoms with Gasteiger partial charge in [0.2, 0.25) is 6.79 Å². The largest absolute Gasteiger partial charge is 0.480 e. The van der Waals surface area contributed by atoms with Gasteiger partial charge >= 0.3 is 5.97 Å². The van der Waals surface area contributed by atoms with Gasteiger partial charge in [-0.25, -0.2) is 0 Å². The van der Waals surface area contributed by atoms with Gasteiger partial charge in [-0.1, -0.05) is 11.6 Å². The minimum atomic E-state index is -1.05. The number of halogens is 1. The molecular formula is C10H10ClNO4. The summed E-state index contributed by atoms with van der Waals surface area (Å²) >= 11 is 5.94. The van der Waals surface area contributed by atoms with Gasteiger partial charge in [0.25, 0.3) is 0 Å². The van der Waals surface area contributed by atoms with E-state index in [1.807, 2.05) is 0 Å². The quantitative estimate of drug-likeness (QED) is 0.828. The molecule has 1 aliphatic heterocycles. The van der Waals surface area contributed by atoms with Gasteiger partial charge in [-0.3, -0.25) is 4.79 Å². The smallest absolute Gasteiger partial charge is 0.320 e. The molecule has 6 heteroatoms. The number of rotatable bonds is 3. The van der Waals surface area contributed by atoms with Gasteiger partial charge in [-0.05, 0) is 24.1 Å². The Morgan fingerprint density at radius 3 is 3.00 bits per heavy atom. The number of nitrogens with two attached hydrogens (primary N) is 1. The number of hydrogen-bond acceptors (Lipinski definition) is 4. The molecule has 1 heterocycles. The van der Waals surface area contributed by atoms with Crippen molar-refractivity contribution in [2.24, 2.45) is 5.73 Å². The highest BCUT2D eigenvalue weighted by molar-refractivity contribution is 6.32. The Morgan fingerprint density at radius 2 is 2.31 bits per heavy atom. The summed E-state index contributed by atoms with van der Waals surface area (Å²) < 4.78 is 10.3. The van der Waals surface area contributed by atoms with Crippen molar-refractivity contribution in [1.29, 1.82) is 0 Å². The highest BCUT2D eigenvalue weighted by Gasteiger charge is 2.20. The lowest BCUT2D eigenvalue weighted by atomic mass is 10.1. The molecule has 1 atom stereocenters. The molecule has 0 bridgehead atoms. The van der Waals surface area contributed by atoms with Crippen molar-refractivity contribution in [2.45, 2.75) is 12.5 Å². The summed E-state index contributed by atoms with van der Waals surface area (Å²) in [6.45, 7) is 0.128. The fourth-order valence-corrected chi connectivity index (χ4v) is 1.77. The van der Waals surface area contributed by atoms with E-state index in [4.69, 9.17) is 31.9 Å². The Bertz CT molecular complexity index is 435. The third-order valence-electron chi connectivity index (χ3n) is 2.26. The summed E-state index contributed by atoms with van der Waals surface area (Å²) in [6.07, 6.45) is 0.200. The van der Waals surface area contributed by atoms with Crippen LogP contribution in [0.5, 0.6) is 11.5 Å². The van der Waals surface area contributed by atoms with E-state index in [2.05, 4.69) is 0 Å². The maximum atomic E-state index is 10.6. The number of carboxylic acid groups (broad SMARTS) is 1.